The minimum absolute atomic E-state index is 0.323. The van der Waals surface area contributed by atoms with Crippen molar-refractivity contribution in [1.29, 1.82) is 0 Å². The summed E-state index contributed by atoms with van der Waals surface area (Å²) in [4.78, 5) is 0. The summed E-state index contributed by atoms with van der Waals surface area (Å²) in [5.41, 5.74) is 1.32. The summed E-state index contributed by atoms with van der Waals surface area (Å²) in [6.07, 6.45) is 6.56. The SMILES string of the molecule is CC(c1ccccc1)N(N)C1CCCCC1. The average molecular weight is 218 g/mol. The molecule has 2 rings (SSSR count). The first-order valence-electron chi connectivity index (χ1n) is 6.37. The molecule has 0 saturated heterocycles. The van der Waals surface area contributed by atoms with E-state index in [-0.39, 0.29) is 0 Å². The molecule has 0 amide bonds. The van der Waals surface area contributed by atoms with Crippen LogP contribution in [0.4, 0.5) is 0 Å². The largest absolute Gasteiger partial charge is 0.268 e. The van der Waals surface area contributed by atoms with Crippen molar-refractivity contribution in [3.8, 4) is 0 Å². The minimum atomic E-state index is 0.323. The van der Waals surface area contributed by atoms with Crippen LogP contribution < -0.4 is 5.84 Å². The van der Waals surface area contributed by atoms with Crippen LogP contribution in [0.15, 0.2) is 30.3 Å². The molecule has 2 heteroatoms. The maximum Gasteiger partial charge on any atom is 0.0465 e. The lowest BCUT2D eigenvalue weighted by molar-refractivity contribution is 0.113. The van der Waals surface area contributed by atoms with Gasteiger partial charge in [-0.15, -0.1) is 0 Å². The second-order valence-corrected chi connectivity index (χ2v) is 4.83. The van der Waals surface area contributed by atoms with Gasteiger partial charge < -0.3 is 0 Å². The van der Waals surface area contributed by atoms with Crippen LogP contribution in [-0.2, 0) is 0 Å². The third kappa shape index (κ3) is 2.63. The zero-order chi connectivity index (χ0) is 11.4. The molecule has 1 unspecified atom stereocenters. The first-order chi connectivity index (χ1) is 7.79. The number of benzene rings is 1. The molecule has 0 aliphatic heterocycles. The zero-order valence-corrected chi connectivity index (χ0v) is 10.1. The second kappa shape index (κ2) is 5.46. The second-order valence-electron chi connectivity index (χ2n) is 4.83. The lowest BCUT2D eigenvalue weighted by Gasteiger charge is -2.35. The molecular weight excluding hydrogens is 196 g/mol. The van der Waals surface area contributed by atoms with Gasteiger partial charge in [-0.2, -0.15) is 0 Å². The van der Waals surface area contributed by atoms with E-state index >= 15 is 0 Å². The summed E-state index contributed by atoms with van der Waals surface area (Å²) in [5, 5.41) is 2.06. The zero-order valence-electron chi connectivity index (χ0n) is 10.1. The van der Waals surface area contributed by atoms with Gasteiger partial charge in [-0.3, -0.25) is 5.84 Å². The molecule has 1 fully saturated rings. The van der Waals surface area contributed by atoms with Gasteiger partial charge in [0.25, 0.3) is 0 Å². The fourth-order valence-corrected chi connectivity index (χ4v) is 2.60. The van der Waals surface area contributed by atoms with Crippen molar-refractivity contribution in [2.75, 3.05) is 0 Å². The van der Waals surface area contributed by atoms with Gasteiger partial charge in [-0.05, 0) is 25.3 Å². The predicted molar refractivity (Wildman–Crippen MR) is 67.8 cm³/mol. The third-order valence-corrected chi connectivity index (χ3v) is 3.73. The summed E-state index contributed by atoms with van der Waals surface area (Å²) >= 11 is 0. The first-order valence-corrected chi connectivity index (χ1v) is 6.37. The van der Waals surface area contributed by atoms with Gasteiger partial charge in [0.05, 0.1) is 0 Å². The molecule has 0 bridgehead atoms. The van der Waals surface area contributed by atoms with E-state index < -0.39 is 0 Å². The molecule has 88 valence electrons. The molecule has 1 atom stereocenters. The van der Waals surface area contributed by atoms with E-state index in [0.717, 1.165) is 0 Å². The van der Waals surface area contributed by atoms with Gasteiger partial charge in [0.1, 0.15) is 0 Å². The Kier molecular flexibility index (Phi) is 3.97. The molecule has 1 aromatic carbocycles. The number of hydrogen-bond donors (Lipinski definition) is 1. The summed E-state index contributed by atoms with van der Waals surface area (Å²) in [6.45, 7) is 2.20. The highest BCUT2D eigenvalue weighted by atomic mass is 15.4. The Balaban J connectivity index is 2.00. The van der Waals surface area contributed by atoms with Crippen molar-refractivity contribution in [1.82, 2.24) is 5.01 Å². The monoisotopic (exact) mass is 218 g/mol. The fourth-order valence-electron chi connectivity index (χ4n) is 2.60. The Morgan fingerprint density at radius 2 is 1.75 bits per heavy atom. The Morgan fingerprint density at radius 1 is 1.12 bits per heavy atom. The first kappa shape index (κ1) is 11.6. The number of nitrogens with two attached hydrogens (primary N) is 1. The minimum Gasteiger partial charge on any atom is -0.268 e. The Hall–Kier alpha value is -0.860. The van der Waals surface area contributed by atoms with Gasteiger partial charge >= 0.3 is 0 Å². The van der Waals surface area contributed by atoms with Gasteiger partial charge in [-0.25, -0.2) is 5.01 Å². The Morgan fingerprint density at radius 3 is 2.38 bits per heavy atom. The molecular formula is C14H22N2. The van der Waals surface area contributed by atoms with Crippen molar-refractivity contribution in [3.05, 3.63) is 35.9 Å². The summed E-state index contributed by atoms with van der Waals surface area (Å²) in [7, 11) is 0. The highest BCUT2D eigenvalue weighted by Crippen LogP contribution is 2.27. The molecule has 0 aromatic heterocycles. The summed E-state index contributed by atoms with van der Waals surface area (Å²) < 4.78 is 0. The smallest absolute Gasteiger partial charge is 0.0465 e. The van der Waals surface area contributed by atoms with Crippen LogP contribution in [0.2, 0.25) is 0 Å². The predicted octanol–water partition coefficient (Wildman–Crippen LogP) is 3.26. The van der Waals surface area contributed by atoms with E-state index in [4.69, 9.17) is 5.84 Å². The Labute approximate surface area is 98.4 Å². The lowest BCUT2D eigenvalue weighted by Crippen LogP contribution is -2.43. The fraction of sp³-hybridized carbons (Fsp3) is 0.571. The van der Waals surface area contributed by atoms with Crippen LogP contribution in [0, 0.1) is 0 Å². The maximum atomic E-state index is 6.26. The van der Waals surface area contributed by atoms with E-state index in [1.54, 1.807) is 0 Å². The maximum absolute atomic E-state index is 6.26. The van der Waals surface area contributed by atoms with E-state index in [0.29, 0.717) is 12.1 Å². The molecule has 16 heavy (non-hydrogen) atoms. The topological polar surface area (TPSA) is 29.3 Å². The lowest BCUT2D eigenvalue weighted by atomic mass is 9.93. The molecule has 0 spiro atoms. The van der Waals surface area contributed by atoms with Crippen LogP contribution in [0.3, 0.4) is 0 Å². The van der Waals surface area contributed by atoms with E-state index in [1.807, 2.05) is 0 Å². The molecule has 1 saturated carbocycles. The van der Waals surface area contributed by atoms with Crippen LogP contribution in [0.5, 0.6) is 0 Å². The van der Waals surface area contributed by atoms with Crippen LogP contribution >= 0.6 is 0 Å². The van der Waals surface area contributed by atoms with Gasteiger partial charge in [0.2, 0.25) is 0 Å². The number of nitrogens with zero attached hydrogens (tertiary/aromatic N) is 1. The number of hydrazine groups is 1. The van der Waals surface area contributed by atoms with Gasteiger partial charge in [0, 0.05) is 12.1 Å². The highest BCUT2D eigenvalue weighted by molar-refractivity contribution is 5.18. The van der Waals surface area contributed by atoms with Crippen molar-refractivity contribution in [2.24, 2.45) is 5.84 Å². The van der Waals surface area contributed by atoms with E-state index in [9.17, 15) is 0 Å². The average Bonchev–Trinajstić information content (AvgIpc) is 2.39. The normalized spacial score (nSPS) is 19.9. The van der Waals surface area contributed by atoms with E-state index in [2.05, 4.69) is 42.3 Å². The highest BCUT2D eigenvalue weighted by Gasteiger charge is 2.23. The molecule has 2 nitrogen and oxygen atoms in total. The van der Waals surface area contributed by atoms with E-state index in [1.165, 1.54) is 37.7 Å². The third-order valence-electron chi connectivity index (χ3n) is 3.73. The Bertz CT molecular complexity index is 304. The van der Waals surface area contributed by atoms with Crippen LogP contribution in [-0.4, -0.2) is 11.1 Å². The quantitative estimate of drug-likeness (QED) is 0.623. The number of hydrogen-bond acceptors (Lipinski definition) is 2. The molecule has 0 heterocycles. The summed E-state index contributed by atoms with van der Waals surface area (Å²) in [5.74, 6) is 6.26. The van der Waals surface area contributed by atoms with Crippen molar-refractivity contribution >= 4 is 0 Å². The molecule has 1 aliphatic rings. The molecule has 0 radical (unpaired) electrons. The summed E-state index contributed by atoms with van der Waals surface area (Å²) in [6, 6.07) is 11.4. The standard InChI is InChI=1S/C14H22N2/c1-12(13-8-4-2-5-9-13)16(15)14-10-6-3-7-11-14/h2,4-5,8-9,12,14H,3,6-7,10-11,15H2,1H3. The van der Waals surface area contributed by atoms with Crippen molar-refractivity contribution in [2.45, 2.75) is 51.1 Å². The van der Waals surface area contributed by atoms with Crippen LogP contribution in [0.25, 0.3) is 0 Å². The molecule has 1 aliphatic carbocycles. The van der Waals surface area contributed by atoms with Crippen molar-refractivity contribution < 1.29 is 0 Å². The van der Waals surface area contributed by atoms with Gasteiger partial charge in [-0.1, -0.05) is 49.6 Å². The molecule has 1 aromatic rings. The van der Waals surface area contributed by atoms with Crippen molar-refractivity contribution in [3.63, 3.8) is 0 Å². The van der Waals surface area contributed by atoms with Gasteiger partial charge in [0.15, 0.2) is 0 Å². The number of rotatable bonds is 3. The van der Waals surface area contributed by atoms with Crippen LogP contribution in [0.1, 0.15) is 50.6 Å². The molecule has 2 N–H and O–H groups in total.